The third-order valence-corrected chi connectivity index (χ3v) is 5.71. The number of carbonyl (C=O) groups excluding carboxylic acids is 1. The topological polar surface area (TPSA) is 78.8 Å². The van der Waals surface area contributed by atoms with Crippen LogP contribution in [0.4, 0.5) is 0 Å². The first-order chi connectivity index (χ1) is 11.8. The average molecular weight is 424 g/mol. The van der Waals surface area contributed by atoms with Crippen LogP contribution in [0.5, 0.6) is 0 Å². The summed E-state index contributed by atoms with van der Waals surface area (Å²) >= 11 is 3.25. The Morgan fingerprint density at radius 3 is 2.36 bits per heavy atom. The van der Waals surface area contributed by atoms with Gasteiger partial charge in [0.1, 0.15) is 0 Å². The van der Waals surface area contributed by atoms with Crippen LogP contribution in [-0.4, -0.2) is 38.4 Å². The number of hydrazone groups is 1. The lowest BCUT2D eigenvalue weighted by Crippen LogP contribution is -2.36. The first-order valence-electron chi connectivity index (χ1n) is 7.39. The van der Waals surface area contributed by atoms with Crippen molar-refractivity contribution in [2.75, 3.05) is 13.6 Å². The summed E-state index contributed by atoms with van der Waals surface area (Å²) < 4.78 is 26.6. The van der Waals surface area contributed by atoms with Crippen LogP contribution in [0.3, 0.4) is 0 Å². The SMILES string of the molecule is Cc1ccc(/C=N\NC(=O)CN(C)S(=O)(=O)c2ccc(Br)cc2)cc1. The summed E-state index contributed by atoms with van der Waals surface area (Å²) in [4.78, 5) is 12.0. The van der Waals surface area contributed by atoms with Crippen LogP contribution in [0.1, 0.15) is 11.1 Å². The molecule has 0 aliphatic rings. The van der Waals surface area contributed by atoms with E-state index < -0.39 is 15.9 Å². The van der Waals surface area contributed by atoms with Crippen molar-refractivity contribution in [3.8, 4) is 0 Å². The number of halogens is 1. The van der Waals surface area contributed by atoms with E-state index in [1.807, 2.05) is 31.2 Å². The maximum absolute atomic E-state index is 12.4. The molecule has 2 aromatic carbocycles. The second kappa shape index (κ2) is 8.37. The highest BCUT2D eigenvalue weighted by Crippen LogP contribution is 2.17. The summed E-state index contributed by atoms with van der Waals surface area (Å²) in [7, 11) is -2.39. The summed E-state index contributed by atoms with van der Waals surface area (Å²) in [6.45, 7) is 1.65. The fraction of sp³-hybridized carbons (Fsp3) is 0.176. The molecular formula is C17H18BrN3O3S. The van der Waals surface area contributed by atoms with E-state index in [4.69, 9.17) is 0 Å². The van der Waals surface area contributed by atoms with Gasteiger partial charge in [-0.15, -0.1) is 0 Å². The molecule has 0 aliphatic heterocycles. The number of likely N-dealkylation sites (N-methyl/N-ethyl adjacent to an activating group) is 1. The monoisotopic (exact) mass is 423 g/mol. The first-order valence-corrected chi connectivity index (χ1v) is 9.63. The lowest BCUT2D eigenvalue weighted by molar-refractivity contribution is -0.121. The molecule has 0 radical (unpaired) electrons. The van der Waals surface area contributed by atoms with E-state index in [1.165, 1.54) is 25.4 Å². The Hall–Kier alpha value is -2.03. The Labute approximate surface area is 155 Å². The third-order valence-electron chi connectivity index (χ3n) is 3.37. The molecule has 25 heavy (non-hydrogen) atoms. The number of nitrogens with one attached hydrogen (secondary N) is 1. The van der Waals surface area contributed by atoms with Crippen LogP contribution in [0.15, 0.2) is 63.0 Å². The Morgan fingerprint density at radius 1 is 1.16 bits per heavy atom. The first kappa shape index (κ1) is 19.3. The molecule has 0 aromatic heterocycles. The number of sulfonamides is 1. The second-order valence-electron chi connectivity index (χ2n) is 5.42. The second-order valence-corrected chi connectivity index (χ2v) is 8.38. The van der Waals surface area contributed by atoms with Gasteiger partial charge in [-0.1, -0.05) is 45.8 Å². The van der Waals surface area contributed by atoms with Gasteiger partial charge in [0.05, 0.1) is 17.7 Å². The molecule has 0 saturated heterocycles. The zero-order chi connectivity index (χ0) is 18.4. The van der Waals surface area contributed by atoms with Crippen molar-refractivity contribution >= 4 is 38.1 Å². The van der Waals surface area contributed by atoms with E-state index in [1.54, 1.807) is 12.1 Å². The van der Waals surface area contributed by atoms with E-state index in [-0.39, 0.29) is 11.4 Å². The van der Waals surface area contributed by atoms with Gasteiger partial charge >= 0.3 is 0 Å². The quantitative estimate of drug-likeness (QED) is 0.572. The molecular weight excluding hydrogens is 406 g/mol. The van der Waals surface area contributed by atoms with Gasteiger partial charge in [-0.2, -0.15) is 9.41 Å². The van der Waals surface area contributed by atoms with Crippen LogP contribution >= 0.6 is 15.9 Å². The van der Waals surface area contributed by atoms with Gasteiger partial charge in [-0.3, -0.25) is 4.79 Å². The van der Waals surface area contributed by atoms with Crippen molar-refractivity contribution in [1.82, 2.24) is 9.73 Å². The highest BCUT2D eigenvalue weighted by atomic mass is 79.9. The Balaban J connectivity index is 1.95. The molecule has 0 atom stereocenters. The van der Waals surface area contributed by atoms with Crippen LogP contribution in [0.25, 0.3) is 0 Å². The number of hydrogen-bond donors (Lipinski definition) is 1. The molecule has 0 unspecified atom stereocenters. The van der Waals surface area contributed by atoms with Crippen molar-refractivity contribution in [2.24, 2.45) is 5.10 Å². The Kier molecular flexibility index (Phi) is 6.46. The molecule has 6 nitrogen and oxygen atoms in total. The molecule has 1 amide bonds. The molecule has 0 spiro atoms. The molecule has 132 valence electrons. The Morgan fingerprint density at radius 2 is 1.76 bits per heavy atom. The normalized spacial score (nSPS) is 11.8. The number of amides is 1. The molecule has 0 heterocycles. The maximum Gasteiger partial charge on any atom is 0.255 e. The minimum absolute atomic E-state index is 0.120. The van der Waals surface area contributed by atoms with Crippen LogP contribution in [-0.2, 0) is 14.8 Å². The van der Waals surface area contributed by atoms with Gasteiger partial charge in [-0.05, 0) is 36.8 Å². The number of carbonyl (C=O) groups is 1. The standard InChI is InChI=1S/C17H18BrN3O3S/c1-13-3-5-14(6-4-13)11-19-20-17(22)12-21(2)25(23,24)16-9-7-15(18)8-10-16/h3-11H,12H2,1-2H3,(H,20,22)/b19-11-. The smallest absolute Gasteiger partial charge is 0.255 e. The number of rotatable bonds is 6. The minimum Gasteiger partial charge on any atom is -0.272 e. The molecule has 0 saturated carbocycles. The fourth-order valence-electron chi connectivity index (χ4n) is 1.94. The van der Waals surface area contributed by atoms with E-state index >= 15 is 0 Å². The predicted molar refractivity (Wildman–Crippen MR) is 101 cm³/mol. The van der Waals surface area contributed by atoms with Crippen LogP contribution in [0.2, 0.25) is 0 Å². The largest absolute Gasteiger partial charge is 0.272 e. The van der Waals surface area contributed by atoms with E-state index in [0.29, 0.717) is 0 Å². The van der Waals surface area contributed by atoms with Crippen molar-refractivity contribution in [1.29, 1.82) is 0 Å². The van der Waals surface area contributed by atoms with Gasteiger partial charge in [0.25, 0.3) is 5.91 Å². The molecule has 2 aromatic rings. The van der Waals surface area contributed by atoms with Gasteiger partial charge in [0.2, 0.25) is 10.0 Å². The highest BCUT2D eigenvalue weighted by molar-refractivity contribution is 9.10. The van der Waals surface area contributed by atoms with Crippen LogP contribution in [0, 0.1) is 6.92 Å². The van der Waals surface area contributed by atoms with E-state index in [9.17, 15) is 13.2 Å². The lowest BCUT2D eigenvalue weighted by Gasteiger charge is -2.16. The van der Waals surface area contributed by atoms with Gasteiger partial charge < -0.3 is 0 Å². The summed E-state index contributed by atoms with van der Waals surface area (Å²) in [5.74, 6) is -0.522. The minimum atomic E-state index is -3.73. The maximum atomic E-state index is 12.4. The predicted octanol–water partition coefficient (Wildman–Crippen LogP) is 2.53. The summed E-state index contributed by atoms with van der Waals surface area (Å²) in [6.07, 6.45) is 1.50. The average Bonchev–Trinajstić information content (AvgIpc) is 2.57. The third kappa shape index (κ3) is 5.48. The van der Waals surface area contributed by atoms with Gasteiger partial charge in [-0.25, -0.2) is 13.8 Å². The van der Waals surface area contributed by atoms with Crippen molar-refractivity contribution in [3.05, 3.63) is 64.1 Å². The van der Waals surface area contributed by atoms with Gasteiger partial charge in [0, 0.05) is 11.5 Å². The number of aryl methyl sites for hydroxylation is 1. The lowest BCUT2D eigenvalue weighted by atomic mass is 10.2. The van der Waals surface area contributed by atoms with E-state index in [2.05, 4.69) is 26.5 Å². The molecule has 8 heteroatoms. The summed E-state index contributed by atoms with van der Waals surface area (Å²) in [5, 5.41) is 3.84. The molecule has 1 N–H and O–H groups in total. The van der Waals surface area contributed by atoms with Gasteiger partial charge in [0.15, 0.2) is 0 Å². The van der Waals surface area contributed by atoms with Crippen LogP contribution < -0.4 is 5.43 Å². The molecule has 0 fully saturated rings. The van der Waals surface area contributed by atoms with E-state index in [0.717, 1.165) is 19.9 Å². The zero-order valence-corrected chi connectivity index (χ0v) is 16.2. The number of hydrogen-bond acceptors (Lipinski definition) is 4. The Bertz CT molecular complexity index is 863. The summed E-state index contributed by atoms with van der Waals surface area (Å²) in [5.41, 5.74) is 4.29. The molecule has 2 rings (SSSR count). The van der Waals surface area contributed by atoms with Crippen molar-refractivity contribution < 1.29 is 13.2 Å². The number of benzene rings is 2. The van der Waals surface area contributed by atoms with Crippen molar-refractivity contribution in [3.63, 3.8) is 0 Å². The molecule has 0 aliphatic carbocycles. The fourth-order valence-corrected chi connectivity index (χ4v) is 3.33. The van der Waals surface area contributed by atoms with Crippen molar-refractivity contribution in [2.45, 2.75) is 11.8 Å². The summed E-state index contributed by atoms with van der Waals surface area (Å²) in [6, 6.07) is 13.8. The zero-order valence-electron chi connectivity index (χ0n) is 13.8. The number of nitrogens with zero attached hydrogens (tertiary/aromatic N) is 2. The highest BCUT2D eigenvalue weighted by Gasteiger charge is 2.22. The molecule has 0 bridgehead atoms.